The summed E-state index contributed by atoms with van der Waals surface area (Å²) in [6.45, 7) is 3.70. The highest BCUT2D eigenvalue weighted by Gasteiger charge is 2.18. The van der Waals surface area contributed by atoms with Gasteiger partial charge >= 0.3 is 0 Å². The van der Waals surface area contributed by atoms with Crippen LogP contribution in [0.1, 0.15) is 25.5 Å². The molecule has 2 atom stereocenters. The third kappa shape index (κ3) is 4.14. The fourth-order valence-corrected chi connectivity index (χ4v) is 2.81. The summed E-state index contributed by atoms with van der Waals surface area (Å²) in [5.41, 5.74) is 1.01. The molecule has 0 aliphatic rings. The molecule has 1 N–H and O–H groups in total. The van der Waals surface area contributed by atoms with Gasteiger partial charge in [0.25, 0.3) is 5.91 Å². The van der Waals surface area contributed by atoms with Gasteiger partial charge in [-0.2, -0.15) is 0 Å². The Hall–Kier alpha value is -3.01. The fourth-order valence-electron chi connectivity index (χ4n) is 2.81. The molecule has 0 fully saturated rings. The SMILES string of the molecule is COc1ccc([C@@H](C)NC(=O)[C@H](C)Oc2ccc3ccccc3c2)cc1. The molecular formula is C22H23NO3. The van der Waals surface area contributed by atoms with E-state index in [1.165, 1.54) is 0 Å². The third-order valence-corrected chi connectivity index (χ3v) is 4.38. The minimum atomic E-state index is -0.586. The molecule has 4 nitrogen and oxygen atoms in total. The van der Waals surface area contributed by atoms with Gasteiger partial charge in [0.2, 0.25) is 0 Å². The molecule has 0 aliphatic carbocycles. The van der Waals surface area contributed by atoms with Crippen molar-refractivity contribution in [1.29, 1.82) is 0 Å². The molecule has 0 saturated heterocycles. The molecule has 0 heterocycles. The zero-order chi connectivity index (χ0) is 18.5. The number of benzene rings is 3. The number of rotatable bonds is 6. The minimum Gasteiger partial charge on any atom is -0.497 e. The first-order chi connectivity index (χ1) is 12.6. The van der Waals surface area contributed by atoms with Gasteiger partial charge in [-0.1, -0.05) is 42.5 Å². The van der Waals surface area contributed by atoms with Gasteiger partial charge < -0.3 is 14.8 Å². The third-order valence-electron chi connectivity index (χ3n) is 4.38. The second-order valence-corrected chi connectivity index (χ2v) is 6.27. The van der Waals surface area contributed by atoms with E-state index in [1.807, 2.05) is 73.7 Å². The van der Waals surface area contributed by atoms with Crippen molar-refractivity contribution in [1.82, 2.24) is 5.32 Å². The molecule has 0 bridgehead atoms. The Morgan fingerprint density at radius 2 is 1.54 bits per heavy atom. The molecule has 1 amide bonds. The maximum atomic E-state index is 12.5. The van der Waals surface area contributed by atoms with Gasteiger partial charge in [-0.25, -0.2) is 0 Å². The van der Waals surface area contributed by atoms with Crippen LogP contribution in [0.3, 0.4) is 0 Å². The average molecular weight is 349 g/mol. The molecule has 0 radical (unpaired) electrons. The van der Waals surface area contributed by atoms with Crippen LogP contribution >= 0.6 is 0 Å². The lowest BCUT2D eigenvalue weighted by atomic mass is 10.1. The number of methoxy groups -OCH3 is 1. The van der Waals surface area contributed by atoms with Crippen LogP contribution in [-0.4, -0.2) is 19.1 Å². The number of amides is 1. The molecule has 4 heteroatoms. The Morgan fingerprint density at radius 3 is 2.23 bits per heavy atom. The van der Waals surface area contributed by atoms with E-state index in [2.05, 4.69) is 5.32 Å². The van der Waals surface area contributed by atoms with Gasteiger partial charge in [0.1, 0.15) is 11.5 Å². The first-order valence-corrected chi connectivity index (χ1v) is 8.66. The van der Waals surface area contributed by atoms with E-state index in [4.69, 9.17) is 9.47 Å². The predicted octanol–water partition coefficient (Wildman–Crippen LogP) is 4.49. The highest BCUT2D eigenvalue weighted by Crippen LogP contribution is 2.22. The van der Waals surface area contributed by atoms with Crippen LogP contribution in [0, 0.1) is 0 Å². The Kier molecular flexibility index (Phi) is 5.42. The van der Waals surface area contributed by atoms with E-state index in [9.17, 15) is 4.79 Å². The van der Waals surface area contributed by atoms with Gasteiger partial charge in [-0.05, 0) is 54.4 Å². The van der Waals surface area contributed by atoms with Crippen LogP contribution < -0.4 is 14.8 Å². The molecule has 3 aromatic rings. The van der Waals surface area contributed by atoms with E-state index in [-0.39, 0.29) is 11.9 Å². The molecule has 3 rings (SSSR count). The average Bonchev–Trinajstić information content (AvgIpc) is 2.67. The highest BCUT2D eigenvalue weighted by molar-refractivity contribution is 5.84. The fraction of sp³-hybridized carbons (Fsp3) is 0.227. The molecule has 0 aliphatic heterocycles. The Morgan fingerprint density at radius 1 is 0.885 bits per heavy atom. The lowest BCUT2D eigenvalue weighted by molar-refractivity contribution is -0.127. The van der Waals surface area contributed by atoms with Crippen LogP contribution in [0.4, 0.5) is 0 Å². The number of hydrogen-bond acceptors (Lipinski definition) is 3. The van der Waals surface area contributed by atoms with Gasteiger partial charge in [-0.3, -0.25) is 4.79 Å². The largest absolute Gasteiger partial charge is 0.497 e. The molecule has 0 saturated carbocycles. The molecule has 0 unspecified atom stereocenters. The van der Waals surface area contributed by atoms with Crippen molar-refractivity contribution in [3.63, 3.8) is 0 Å². The van der Waals surface area contributed by atoms with Crippen molar-refractivity contribution in [3.8, 4) is 11.5 Å². The summed E-state index contributed by atoms with van der Waals surface area (Å²) in [5, 5.41) is 5.22. The van der Waals surface area contributed by atoms with E-state index in [1.54, 1.807) is 14.0 Å². The lowest BCUT2D eigenvalue weighted by Crippen LogP contribution is -2.37. The summed E-state index contributed by atoms with van der Waals surface area (Å²) in [5.74, 6) is 1.32. The number of hydrogen-bond donors (Lipinski definition) is 1. The smallest absolute Gasteiger partial charge is 0.261 e. The monoisotopic (exact) mass is 349 g/mol. The molecule has 134 valence electrons. The topological polar surface area (TPSA) is 47.6 Å². The van der Waals surface area contributed by atoms with E-state index >= 15 is 0 Å². The Balaban J connectivity index is 1.62. The Labute approximate surface area is 153 Å². The summed E-state index contributed by atoms with van der Waals surface area (Å²) < 4.78 is 11.0. The number of carbonyl (C=O) groups is 1. The zero-order valence-corrected chi connectivity index (χ0v) is 15.2. The Bertz CT molecular complexity index is 889. The van der Waals surface area contributed by atoms with Crippen molar-refractivity contribution in [2.45, 2.75) is 26.0 Å². The van der Waals surface area contributed by atoms with Gasteiger partial charge in [-0.15, -0.1) is 0 Å². The van der Waals surface area contributed by atoms with Crippen LogP contribution in [0.5, 0.6) is 11.5 Å². The molecule has 26 heavy (non-hydrogen) atoms. The number of carbonyl (C=O) groups excluding carboxylic acids is 1. The zero-order valence-electron chi connectivity index (χ0n) is 15.2. The van der Waals surface area contributed by atoms with Crippen molar-refractivity contribution in [3.05, 3.63) is 72.3 Å². The summed E-state index contributed by atoms with van der Waals surface area (Å²) in [6.07, 6.45) is -0.586. The van der Waals surface area contributed by atoms with Gasteiger partial charge in [0, 0.05) is 0 Å². The summed E-state index contributed by atoms with van der Waals surface area (Å²) >= 11 is 0. The second-order valence-electron chi connectivity index (χ2n) is 6.27. The molecular weight excluding hydrogens is 326 g/mol. The van der Waals surface area contributed by atoms with E-state index < -0.39 is 6.10 Å². The first kappa shape index (κ1) is 17.8. The van der Waals surface area contributed by atoms with Crippen LogP contribution in [0.15, 0.2) is 66.7 Å². The number of nitrogens with one attached hydrogen (secondary N) is 1. The molecule has 3 aromatic carbocycles. The highest BCUT2D eigenvalue weighted by atomic mass is 16.5. The van der Waals surface area contributed by atoms with Crippen molar-refractivity contribution in [2.75, 3.05) is 7.11 Å². The van der Waals surface area contributed by atoms with Crippen LogP contribution in [-0.2, 0) is 4.79 Å². The number of ether oxygens (including phenoxy) is 2. The maximum absolute atomic E-state index is 12.5. The van der Waals surface area contributed by atoms with Crippen LogP contribution in [0.2, 0.25) is 0 Å². The maximum Gasteiger partial charge on any atom is 0.261 e. The summed E-state index contributed by atoms with van der Waals surface area (Å²) in [6, 6.07) is 21.4. The quantitative estimate of drug-likeness (QED) is 0.713. The summed E-state index contributed by atoms with van der Waals surface area (Å²) in [4.78, 5) is 12.5. The van der Waals surface area contributed by atoms with Crippen molar-refractivity contribution >= 4 is 16.7 Å². The molecule has 0 spiro atoms. The lowest BCUT2D eigenvalue weighted by Gasteiger charge is -2.19. The standard InChI is InChI=1S/C22H23NO3/c1-15(17-8-11-20(25-3)12-9-17)23-22(24)16(2)26-21-13-10-18-6-4-5-7-19(18)14-21/h4-16H,1-3H3,(H,23,24)/t15-,16+/m1/s1. The van der Waals surface area contributed by atoms with Gasteiger partial charge in [0.05, 0.1) is 13.2 Å². The van der Waals surface area contributed by atoms with Crippen molar-refractivity contribution in [2.24, 2.45) is 0 Å². The van der Waals surface area contributed by atoms with Crippen LogP contribution in [0.25, 0.3) is 10.8 Å². The van der Waals surface area contributed by atoms with E-state index in [0.29, 0.717) is 5.75 Å². The second kappa shape index (κ2) is 7.91. The van der Waals surface area contributed by atoms with Crippen molar-refractivity contribution < 1.29 is 14.3 Å². The minimum absolute atomic E-state index is 0.115. The van der Waals surface area contributed by atoms with E-state index in [0.717, 1.165) is 22.1 Å². The predicted molar refractivity (Wildman–Crippen MR) is 104 cm³/mol. The molecule has 0 aromatic heterocycles. The normalized spacial score (nSPS) is 13.0. The van der Waals surface area contributed by atoms with Gasteiger partial charge in [0.15, 0.2) is 6.10 Å². The first-order valence-electron chi connectivity index (χ1n) is 8.66. The number of fused-ring (bicyclic) bond motifs is 1. The summed E-state index contributed by atoms with van der Waals surface area (Å²) in [7, 11) is 1.63.